The van der Waals surface area contributed by atoms with Crippen LogP contribution in [0.5, 0.6) is 0 Å². The number of nitriles is 1. The first-order valence-electron chi connectivity index (χ1n) is 8.84. The summed E-state index contributed by atoms with van der Waals surface area (Å²) < 4.78 is 0. The number of piperazine rings is 1. The Morgan fingerprint density at radius 3 is 2.38 bits per heavy atom. The molecule has 0 saturated carbocycles. The van der Waals surface area contributed by atoms with Crippen molar-refractivity contribution in [3.63, 3.8) is 0 Å². The lowest BCUT2D eigenvalue weighted by Gasteiger charge is -2.34. The molecular formula is C20H24N4OS. The van der Waals surface area contributed by atoms with Gasteiger partial charge in [-0.25, -0.2) is 4.98 Å². The van der Waals surface area contributed by atoms with Crippen molar-refractivity contribution < 1.29 is 4.79 Å². The second-order valence-electron chi connectivity index (χ2n) is 7.66. The van der Waals surface area contributed by atoms with Crippen molar-refractivity contribution in [2.75, 3.05) is 26.2 Å². The fourth-order valence-electron chi connectivity index (χ4n) is 2.93. The number of hydrogen-bond donors (Lipinski definition) is 0. The summed E-state index contributed by atoms with van der Waals surface area (Å²) in [5.41, 5.74) is 1.85. The molecule has 0 N–H and O–H groups in total. The number of nitrogens with zero attached hydrogens (tertiary/aromatic N) is 4. The maximum atomic E-state index is 12.7. The van der Waals surface area contributed by atoms with Gasteiger partial charge in [-0.05, 0) is 17.7 Å². The van der Waals surface area contributed by atoms with Gasteiger partial charge in [0.15, 0.2) is 0 Å². The van der Waals surface area contributed by atoms with Gasteiger partial charge in [-0.15, -0.1) is 11.3 Å². The lowest BCUT2D eigenvalue weighted by molar-refractivity contribution is 0.0633. The van der Waals surface area contributed by atoms with Crippen molar-refractivity contribution in [3.8, 4) is 6.07 Å². The summed E-state index contributed by atoms with van der Waals surface area (Å²) in [7, 11) is 0. The van der Waals surface area contributed by atoms with Crippen LogP contribution in [0.25, 0.3) is 0 Å². The van der Waals surface area contributed by atoms with Crippen molar-refractivity contribution in [2.45, 2.75) is 32.7 Å². The van der Waals surface area contributed by atoms with E-state index in [9.17, 15) is 4.79 Å². The second kappa shape index (κ2) is 7.56. The van der Waals surface area contributed by atoms with Crippen LogP contribution >= 0.6 is 11.3 Å². The van der Waals surface area contributed by atoms with E-state index in [-0.39, 0.29) is 11.3 Å². The van der Waals surface area contributed by atoms with Crippen LogP contribution in [0.15, 0.2) is 30.5 Å². The highest BCUT2D eigenvalue weighted by molar-refractivity contribution is 7.13. The molecule has 0 spiro atoms. The minimum absolute atomic E-state index is 0.0248. The Balaban J connectivity index is 1.55. The third kappa shape index (κ3) is 4.29. The topological polar surface area (TPSA) is 60.2 Å². The number of carbonyl (C=O) groups excluding carboxylic acids is 1. The predicted octanol–water partition coefficient (Wildman–Crippen LogP) is 3.27. The monoisotopic (exact) mass is 368 g/mol. The largest absolute Gasteiger partial charge is 0.335 e. The Hall–Kier alpha value is -2.23. The smallest absolute Gasteiger partial charge is 0.265 e. The fourth-order valence-corrected chi connectivity index (χ4v) is 3.87. The Morgan fingerprint density at radius 1 is 1.19 bits per heavy atom. The first kappa shape index (κ1) is 18.6. The summed E-state index contributed by atoms with van der Waals surface area (Å²) in [6.07, 6.45) is 1.72. The van der Waals surface area contributed by atoms with Gasteiger partial charge in [0.1, 0.15) is 4.88 Å². The number of carbonyl (C=O) groups is 1. The Kier molecular flexibility index (Phi) is 5.40. The molecule has 0 atom stereocenters. The summed E-state index contributed by atoms with van der Waals surface area (Å²) >= 11 is 1.51. The minimum atomic E-state index is -0.0248. The number of rotatable bonds is 3. The molecule has 0 aliphatic carbocycles. The number of thiazole rings is 1. The Labute approximate surface area is 158 Å². The van der Waals surface area contributed by atoms with Gasteiger partial charge in [0.25, 0.3) is 5.91 Å². The zero-order valence-corrected chi connectivity index (χ0v) is 16.3. The van der Waals surface area contributed by atoms with Crippen LogP contribution in [-0.2, 0) is 12.0 Å². The summed E-state index contributed by atoms with van der Waals surface area (Å²) in [6.45, 7) is 10.4. The average molecular weight is 369 g/mol. The van der Waals surface area contributed by atoms with Gasteiger partial charge in [0.05, 0.1) is 22.8 Å². The predicted molar refractivity (Wildman–Crippen MR) is 103 cm³/mol. The second-order valence-corrected chi connectivity index (χ2v) is 8.69. The summed E-state index contributed by atoms with van der Waals surface area (Å²) in [5, 5.41) is 9.87. The first-order chi connectivity index (χ1) is 12.4. The van der Waals surface area contributed by atoms with Gasteiger partial charge < -0.3 is 4.90 Å². The molecule has 0 radical (unpaired) electrons. The van der Waals surface area contributed by atoms with Crippen molar-refractivity contribution in [3.05, 3.63) is 51.5 Å². The molecule has 1 aromatic carbocycles. The molecule has 1 amide bonds. The van der Waals surface area contributed by atoms with Gasteiger partial charge in [-0.2, -0.15) is 5.26 Å². The van der Waals surface area contributed by atoms with Gasteiger partial charge in [0, 0.05) is 38.1 Å². The molecule has 1 saturated heterocycles. The molecular weight excluding hydrogens is 344 g/mol. The molecule has 0 unspecified atom stereocenters. The van der Waals surface area contributed by atoms with E-state index in [1.54, 1.807) is 6.20 Å². The van der Waals surface area contributed by atoms with Gasteiger partial charge in [-0.1, -0.05) is 32.9 Å². The highest BCUT2D eigenvalue weighted by Crippen LogP contribution is 2.27. The highest BCUT2D eigenvalue weighted by atomic mass is 32.1. The molecule has 1 aromatic heterocycles. The fraction of sp³-hybridized carbons (Fsp3) is 0.450. The van der Waals surface area contributed by atoms with Crippen molar-refractivity contribution in [1.29, 1.82) is 5.26 Å². The maximum absolute atomic E-state index is 12.7. The molecule has 3 rings (SSSR count). The van der Waals surface area contributed by atoms with E-state index in [1.807, 2.05) is 29.2 Å². The maximum Gasteiger partial charge on any atom is 0.265 e. The number of aromatic nitrogens is 1. The van der Waals surface area contributed by atoms with Crippen molar-refractivity contribution in [1.82, 2.24) is 14.8 Å². The third-order valence-corrected chi connectivity index (χ3v) is 5.92. The molecule has 1 aliphatic heterocycles. The summed E-state index contributed by atoms with van der Waals surface area (Å²) in [6, 6.07) is 9.85. The van der Waals surface area contributed by atoms with Crippen LogP contribution in [0, 0.1) is 11.3 Å². The molecule has 2 heterocycles. The van der Waals surface area contributed by atoms with Crippen LogP contribution in [0.2, 0.25) is 0 Å². The molecule has 26 heavy (non-hydrogen) atoms. The standard InChI is InChI=1S/C20H24N4OS/c1-20(2,3)19-22-13-17(26-19)18(25)24-10-8-23(9-11-24)14-16-6-4-15(12-21)5-7-16/h4-7,13H,8-11,14H2,1-3H3. The van der Waals surface area contributed by atoms with Crippen LogP contribution < -0.4 is 0 Å². The van der Waals surface area contributed by atoms with E-state index in [2.05, 4.69) is 36.7 Å². The zero-order valence-electron chi connectivity index (χ0n) is 15.5. The molecule has 0 bridgehead atoms. The molecule has 5 nitrogen and oxygen atoms in total. The van der Waals surface area contributed by atoms with Crippen LogP contribution in [0.3, 0.4) is 0 Å². The quantitative estimate of drug-likeness (QED) is 0.834. The van der Waals surface area contributed by atoms with E-state index in [0.717, 1.165) is 42.6 Å². The number of hydrogen-bond acceptors (Lipinski definition) is 5. The van der Waals surface area contributed by atoms with E-state index < -0.39 is 0 Å². The normalized spacial score (nSPS) is 15.7. The number of benzene rings is 1. The Bertz CT molecular complexity index is 806. The molecule has 136 valence electrons. The van der Waals surface area contributed by atoms with E-state index >= 15 is 0 Å². The molecule has 6 heteroatoms. The van der Waals surface area contributed by atoms with Gasteiger partial charge in [-0.3, -0.25) is 9.69 Å². The third-order valence-electron chi connectivity index (χ3n) is 4.51. The summed E-state index contributed by atoms with van der Waals surface area (Å²) in [4.78, 5) is 22.2. The average Bonchev–Trinajstić information content (AvgIpc) is 3.13. The molecule has 2 aromatic rings. The van der Waals surface area contributed by atoms with Gasteiger partial charge >= 0.3 is 0 Å². The highest BCUT2D eigenvalue weighted by Gasteiger charge is 2.25. The van der Waals surface area contributed by atoms with Crippen LogP contribution in [-0.4, -0.2) is 46.9 Å². The van der Waals surface area contributed by atoms with Crippen molar-refractivity contribution in [2.24, 2.45) is 0 Å². The zero-order chi connectivity index (χ0) is 18.7. The van der Waals surface area contributed by atoms with E-state index in [0.29, 0.717) is 5.56 Å². The molecule has 1 aliphatic rings. The summed E-state index contributed by atoms with van der Waals surface area (Å²) in [5.74, 6) is 0.0935. The Morgan fingerprint density at radius 2 is 1.85 bits per heavy atom. The first-order valence-corrected chi connectivity index (χ1v) is 9.65. The lowest BCUT2D eigenvalue weighted by atomic mass is 9.98. The van der Waals surface area contributed by atoms with Crippen LogP contribution in [0.1, 0.15) is 46.6 Å². The number of amides is 1. The lowest BCUT2D eigenvalue weighted by Crippen LogP contribution is -2.48. The molecule has 1 fully saturated rings. The minimum Gasteiger partial charge on any atom is -0.335 e. The van der Waals surface area contributed by atoms with Crippen molar-refractivity contribution >= 4 is 17.2 Å². The SMILES string of the molecule is CC(C)(C)c1ncc(C(=O)N2CCN(Cc3ccc(C#N)cc3)CC2)s1. The van der Waals surface area contributed by atoms with E-state index in [1.165, 1.54) is 16.9 Å². The van der Waals surface area contributed by atoms with Crippen LogP contribution in [0.4, 0.5) is 0 Å². The van der Waals surface area contributed by atoms with Gasteiger partial charge in [0.2, 0.25) is 0 Å². The van der Waals surface area contributed by atoms with E-state index in [4.69, 9.17) is 5.26 Å².